The normalized spacial score (nSPS) is 14.1. The first-order valence-corrected chi connectivity index (χ1v) is 13.9. The van der Waals surface area contributed by atoms with E-state index in [9.17, 15) is 4.79 Å². The number of hydrogen-bond acceptors (Lipinski definition) is 4. The second kappa shape index (κ2) is 10.3. The standard InChI is InChI=1S/C34H35N5O/c1-24-9-8-12-28(21-24)39-22-29(25-10-6-5-7-11-25)30-31(35-23-36-32(30)39)37-17-19-38(20-18-37)33(40)26-13-15-27(16-14-26)34(2,3)4/h5-16,21-23H,17-20H2,1-4H3. The summed E-state index contributed by atoms with van der Waals surface area (Å²) in [5, 5.41) is 1.03. The first-order valence-electron chi connectivity index (χ1n) is 13.9. The molecule has 0 unspecified atom stereocenters. The van der Waals surface area contributed by atoms with E-state index in [0.29, 0.717) is 26.2 Å². The van der Waals surface area contributed by atoms with Crippen molar-refractivity contribution < 1.29 is 4.79 Å². The Bertz CT molecular complexity index is 1660. The van der Waals surface area contributed by atoms with Crippen molar-refractivity contribution in [1.29, 1.82) is 0 Å². The summed E-state index contributed by atoms with van der Waals surface area (Å²) in [4.78, 5) is 27.1. The lowest BCUT2D eigenvalue weighted by atomic mass is 9.86. The maximum Gasteiger partial charge on any atom is 0.253 e. The average molecular weight is 530 g/mol. The molecule has 0 aliphatic carbocycles. The molecule has 1 saturated heterocycles. The zero-order valence-electron chi connectivity index (χ0n) is 23.6. The molecule has 202 valence electrons. The van der Waals surface area contributed by atoms with Crippen LogP contribution in [-0.2, 0) is 5.41 Å². The highest BCUT2D eigenvalue weighted by Gasteiger charge is 2.27. The second-order valence-electron chi connectivity index (χ2n) is 11.6. The van der Waals surface area contributed by atoms with Crippen LogP contribution < -0.4 is 4.90 Å². The van der Waals surface area contributed by atoms with Gasteiger partial charge in [0.05, 0.1) is 5.39 Å². The molecule has 3 aromatic carbocycles. The van der Waals surface area contributed by atoms with E-state index in [1.807, 2.05) is 23.1 Å². The fraction of sp³-hybridized carbons (Fsp3) is 0.265. The van der Waals surface area contributed by atoms with E-state index in [0.717, 1.165) is 39.2 Å². The van der Waals surface area contributed by atoms with Crippen LogP contribution in [0.2, 0.25) is 0 Å². The Morgan fingerprint density at radius 2 is 1.55 bits per heavy atom. The van der Waals surface area contributed by atoms with Crippen molar-refractivity contribution in [2.45, 2.75) is 33.1 Å². The monoisotopic (exact) mass is 529 g/mol. The molecule has 0 atom stereocenters. The number of rotatable bonds is 4. The molecule has 1 fully saturated rings. The van der Waals surface area contributed by atoms with Gasteiger partial charge in [0.2, 0.25) is 0 Å². The van der Waals surface area contributed by atoms with Crippen LogP contribution in [0.1, 0.15) is 42.3 Å². The van der Waals surface area contributed by atoms with Crippen molar-refractivity contribution in [2.24, 2.45) is 0 Å². The minimum absolute atomic E-state index is 0.0625. The van der Waals surface area contributed by atoms with Gasteiger partial charge in [-0.25, -0.2) is 9.97 Å². The van der Waals surface area contributed by atoms with Gasteiger partial charge >= 0.3 is 0 Å². The minimum atomic E-state index is 0.0625. The predicted molar refractivity (Wildman–Crippen MR) is 162 cm³/mol. The minimum Gasteiger partial charge on any atom is -0.352 e. The van der Waals surface area contributed by atoms with Crippen LogP contribution in [0.15, 0.2) is 91.4 Å². The smallest absolute Gasteiger partial charge is 0.253 e. The van der Waals surface area contributed by atoms with E-state index < -0.39 is 0 Å². The molecule has 0 bridgehead atoms. The summed E-state index contributed by atoms with van der Waals surface area (Å²) in [6, 6.07) is 27.0. The Balaban J connectivity index is 1.31. The Kier molecular flexibility index (Phi) is 6.62. The summed E-state index contributed by atoms with van der Waals surface area (Å²) in [5.41, 5.74) is 7.42. The number of amides is 1. The van der Waals surface area contributed by atoms with Crippen LogP contribution in [0.3, 0.4) is 0 Å². The third-order valence-electron chi connectivity index (χ3n) is 7.79. The summed E-state index contributed by atoms with van der Waals surface area (Å²) in [7, 11) is 0. The van der Waals surface area contributed by atoms with Crippen molar-refractivity contribution in [2.75, 3.05) is 31.1 Å². The summed E-state index contributed by atoms with van der Waals surface area (Å²) >= 11 is 0. The van der Waals surface area contributed by atoms with Crippen molar-refractivity contribution in [1.82, 2.24) is 19.4 Å². The molecule has 6 rings (SSSR count). The first-order chi connectivity index (χ1) is 19.3. The molecular formula is C34H35N5O. The highest BCUT2D eigenvalue weighted by Crippen LogP contribution is 2.37. The fourth-order valence-electron chi connectivity index (χ4n) is 5.51. The zero-order chi connectivity index (χ0) is 27.9. The molecule has 0 saturated carbocycles. The largest absolute Gasteiger partial charge is 0.352 e. The maximum atomic E-state index is 13.3. The van der Waals surface area contributed by atoms with E-state index in [-0.39, 0.29) is 11.3 Å². The number of aryl methyl sites for hydroxylation is 1. The third-order valence-corrected chi connectivity index (χ3v) is 7.79. The molecule has 1 aliphatic rings. The Morgan fingerprint density at radius 1 is 0.825 bits per heavy atom. The van der Waals surface area contributed by atoms with E-state index in [4.69, 9.17) is 9.97 Å². The summed E-state index contributed by atoms with van der Waals surface area (Å²) in [5.74, 6) is 1.00. The maximum absolute atomic E-state index is 13.3. The number of nitrogens with zero attached hydrogens (tertiary/aromatic N) is 5. The number of aromatic nitrogens is 3. The van der Waals surface area contributed by atoms with Gasteiger partial charge in [-0.05, 0) is 53.3 Å². The molecular weight excluding hydrogens is 494 g/mol. The molecule has 1 amide bonds. The van der Waals surface area contributed by atoms with Gasteiger partial charge in [0.15, 0.2) is 5.65 Å². The Labute approximate surface area is 235 Å². The van der Waals surface area contributed by atoms with Gasteiger partial charge in [-0.2, -0.15) is 0 Å². The van der Waals surface area contributed by atoms with Gasteiger partial charge in [0.25, 0.3) is 5.91 Å². The second-order valence-corrected chi connectivity index (χ2v) is 11.6. The fourth-order valence-corrected chi connectivity index (χ4v) is 5.51. The highest BCUT2D eigenvalue weighted by atomic mass is 16.2. The lowest BCUT2D eigenvalue weighted by molar-refractivity contribution is 0.0746. The van der Waals surface area contributed by atoms with Crippen molar-refractivity contribution in [3.63, 3.8) is 0 Å². The number of fused-ring (bicyclic) bond motifs is 1. The van der Waals surface area contributed by atoms with Gasteiger partial charge < -0.3 is 14.4 Å². The molecule has 3 heterocycles. The predicted octanol–water partition coefficient (Wildman–Crippen LogP) is 6.66. The van der Waals surface area contributed by atoms with E-state index in [1.54, 1.807) is 6.33 Å². The topological polar surface area (TPSA) is 54.3 Å². The van der Waals surface area contributed by atoms with Crippen LogP contribution in [0.25, 0.3) is 27.8 Å². The average Bonchev–Trinajstić information content (AvgIpc) is 3.37. The van der Waals surface area contributed by atoms with Crippen LogP contribution >= 0.6 is 0 Å². The lowest BCUT2D eigenvalue weighted by Crippen LogP contribution is -2.49. The molecule has 2 aromatic heterocycles. The lowest BCUT2D eigenvalue weighted by Gasteiger charge is -2.35. The first kappa shape index (κ1) is 25.8. The van der Waals surface area contributed by atoms with Crippen molar-refractivity contribution in [3.8, 4) is 16.8 Å². The molecule has 1 aliphatic heterocycles. The molecule has 0 N–H and O–H groups in total. The van der Waals surface area contributed by atoms with Crippen molar-refractivity contribution in [3.05, 3.63) is 108 Å². The number of hydrogen-bond donors (Lipinski definition) is 0. The van der Waals surface area contributed by atoms with Crippen LogP contribution in [0, 0.1) is 6.92 Å². The molecule has 0 spiro atoms. The Hall–Kier alpha value is -4.45. The van der Waals surface area contributed by atoms with Crippen LogP contribution in [0.4, 0.5) is 5.82 Å². The molecule has 6 heteroatoms. The quantitative estimate of drug-likeness (QED) is 0.261. The van der Waals surface area contributed by atoms with Gasteiger partial charge in [-0.15, -0.1) is 0 Å². The summed E-state index contributed by atoms with van der Waals surface area (Å²) in [6.45, 7) is 11.4. The molecule has 6 nitrogen and oxygen atoms in total. The van der Waals surface area contributed by atoms with E-state index in [2.05, 4.69) is 104 Å². The van der Waals surface area contributed by atoms with E-state index >= 15 is 0 Å². The number of carbonyl (C=O) groups excluding carboxylic acids is 1. The Morgan fingerprint density at radius 3 is 2.23 bits per heavy atom. The van der Waals surface area contributed by atoms with Crippen LogP contribution in [-0.4, -0.2) is 51.5 Å². The van der Waals surface area contributed by atoms with Gasteiger partial charge in [0, 0.05) is 49.2 Å². The number of benzene rings is 3. The number of piperazine rings is 1. The van der Waals surface area contributed by atoms with Gasteiger partial charge in [-0.3, -0.25) is 4.79 Å². The van der Waals surface area contributed by atoms with Gasteiger partial charge in [0.1, 0.15) is 12.1 Å². The zero-order valence-corrected chi connectivity index (χ0v) is 23.6. The summed E-state index contributed by atoms with van der Waals surface area (Å²) in [6.07, 6.45) is 3.83. The van der Waals surface area contributed by atoms with Crippen molar-refractivity contribution >= 4 is 22.8 Å². The number of anilines is 1. The van der Waals surface area contributed by atoms with Crippen LogP contribution in [0.5, 0.6) is 0 Å². The SMILES string of the molecule is Cc1cccc(-n2cc(-c3ccccc3)c3c(N4CCN(C(=O)c5ccc(C(C)(C)C)cc5)CC4)ncnc32)c1. The number of carbonyl (C=O) groups is 1. The summed E-state index contributed by atoms with van der Waals surface area (Å²) < 4.78 is 2.16. The molecule has 40 heavy (non-hydrogen) atoms. The molecule has 5 aromatic rings. The van der Waals surface area contributed by atoms with E-state index in [1.165, 1.54) is 11.1 Å². The third kappa shape index (κ3) is 4.86. The molecule has 0 radical (unpaired) electrons. The highest BCUT2D eigenvalue weighted by molar-refractivity contribution is 6.02. The van der Waals surface area contributed by atoms with Gasteiger partial charge in [-0.1, -0.05) is 75.4 Å².